The number of hydrogen-bond donors (Lipinski definition) is 1. The lowest BCUT2D eigenvalue weighted by Gasteiger charge is -2.11. The minimum Gasteiger partial charge on any atom is -0.472 e. The molecule has 1 aromatic rings. The Kier molecular flexibility index (Phi) is 1.91. The molecule has 14 heavy (non-hydrogen) atoms. The highest BCUT2D eigenvalue weighted by Gasteiger charge is 2.54. The van der Waals surface area contributed by atoms with Crippen molar-refractivity contribution >= 4 is 0 Å². The van der Waals surface area contributed by atoms with Crippen molar-refractivity contribution in [3.05, 3.63) is 24.2 Å². The fourth-order valence-corrected chi connectivity index (χ4v) is 3.33. The number of rotatable bonds is 3. The Labute approximate surface area is 84.5 Å². The van der Waals surface area contributed by atoms with Crippen LogP contribution >= 0.6 is 0 Å². The van der Waals surface area contributed by atoms with E-state index < -0.39 is 0 Å². The Balaban J connectivity index is 1.59. The molecule has 2 aliphatic carbocycles. The van der Waals surface area contributed by atoms with Crippen molar-refractivity contribution in [1.29, 1.82) is 0 Å². The molecule has 2 nitrogen and oxygen atoms in total. The van der Waals surface area contributed by atoms with Gasteiger partial charge in [-0.3, -0.25) is 0 Å². The number of nitrogens with two attached hydrogens (primary N) is 1. The second-order valence-electron chi connectivity index (χ2n) is 4.84. The van der Waals surface area contributed by atoms with Gasteiger partial charge in [-0.2, -0.15) is 0 Å². The van der Waals surface area contributed by atoms with Crippen LogP contribution in [0.4, 0.5) is 0 Å². The summed E-state index contributed by atoms with van der Waals surface area (Å²) in [4.78, 5) is 0. The molecule has 2 aliphatic rings. The van der Waals surface area contributed by atoms with Crippen LogP contribution in [0.2, 0.25) is 0 Å². The van der Waals surface area contributed by atoms with Crippen LogP contribution in [0.3, 0.4) is 0 Å². The molecule has 3 unspecified atom stereocenters. The van der Waals surface area contributed by atoms with Crippen LogP contribution in [0.15, 0.2) is 23.0 Å². The molecule has 2 N–H and O–H groups in total. The normalized spacial score (nSPS) is 36.8. The monoisotopic (exact) mass is 191 g/mol. The quantitative estimate of drug-likeness (QED) is 0.795. The maximum Gasteiger partial charge on any atom is 0.0935 e. The minimum absolute atomic E-state index is 0.364. The Morgan fingerprint density at radius 2 is 2.21 bits per heavy atom. The van der Waals surface area contributed by atoms with E-state index in [2.05, 4.69) is 0 Å². The number of furan rings is 1. The topological polar surface area (TPSA) is 39.2 Å². The van der Waals surface area contributed by atoms with Gasteiger partial charge in [-0.05, 0) is 48.6 Å². The van der Waals surface area contributed by atoms with E-state index in [4.69, 9.17) is 10.2 Å². The lowest BCUT2D eigenvalue weighted by atomic mass is 9.99. The summed E-state index contributed by atoms with van der Waals surface area (Å²) in [5.41, 5.74) is 7.47. The van der Waals surface area contributed by atoms with Crippen molar-refractivity contribution < 1.29 is 4.42 Å². The molecule has 1 aromatic heterocycles. The molecule has 2 fully saturated rings. The number of fused-ring (bicyclic) bond motifs is 1. The Morgan fingerprint density at radius 3 is 2.86 bits per heavy atom. The summed E-state index contributed by atoms with van der Waals surface area (Å²) in [6.07, 6.45) is 8.83. The maximum absolute atomic E-state index is 6.22. The summed E-state index contributed by atoms with van der Waals surface area (Å²) in [7, 11) is 0. The highest BCUT2D eigenvalue weighted by molar-refractivity contribution is 5.12. The molecule has 0 spiro atoms. The molecule has 0 bridgehead atoms. The summed E-state index contributed by atoms with van der Waals surface area (Å²) in [5, 5.41) is 0. The van der Waals surface area contributed by atoms with Gasteiger partial charge in [0.1, 0.15) is 0 Å². The van der Waals surface area contributed by atoms with Gasteiger partial charge in [-0.1, -0.05) is 6.42 Å². The fourth-order valence-electron chi connectivity index (χ4n) is 3.33. The molecule has 3 rings (SSSR count). The van der Waals surface area contributed by atoms with Crippen molar-refractivity contribution in [2.75, 3.05) is 0 Å². The Hall–Kier alpha value is -0.760. The number of hydrogen-bond acceptors (Lipinski definition) is 2. The van der Waals surface area contributed by atoms with Crippen LogP contribution in [-0.4, -0.2) is 6.04 Å². The standard InChI is InChI=1S/C12H17NO/c13-11(6-8-4-5-14-7-8)12-9-2-1-3-10(9)12/h4-5,7,9-12H,1-3,6,13H2. The zero-order valence-corrected chi connectivity index (χ0v) is 8.36. The van der Waals surface area contributed by atoms with Crippen molar-refractivity contribution in [1.82, 2.24) is 0 Å². The van der Waals surface area contributed by atoms with Gasteiger partial charge in [-0.15, -0.1) is 0 Å². The van der Waals surface area contributed by atoms with Crippen LogP contribution < -0.4 is 5.73 Å². The van der Waals surface area contributed by atoms with Crippen LogP contribution in [0.1, 0.15) is 24.8 Å². The highest BCUT2D eigenvalue weighted by atomic mass is 16.3. The lowest BCUT2D eigenvalue weighted by Crippen LogP contribution is -2.27. The SMILES string of the molecule is NC(Cc1ccoc1)C1C2CCCC21. The van der Waals surface area contributed by atoms with Gasteiger partial charge in [-0.25, -0.2) is 0 Å². The predicted molar refractivity (Wildman–Crippen MR) is 54.7 cm³/mol. The van der Waals surface area contributed by atoms with Gasteiger partial charge in [0, 0.05) is 6.04 Å². The molecule has 0 aliphatic heterocycles. The molecule has 76 valence electrons. The molecular weight excluding hydrogens is 174 g/mol. The highest BCUT2D eigenvalue weighted by Crippen LogP contribution is 2.58. The first-order valence-electron chi connectivity index (χ1n) is 5.63. The molecule has 0 saturated heterocycles. The summed E-state index contributed by atoms with van der Waals surface area (Å²) in [6.45, 7) is 0. The van der Waals surface area contributed by atoms with E-state index in [0.29, 0.717) is 6.04 Å². The molecule has 0 radical (unpaired) electrons. The van der Waals surface area contributed by atoms with Gasteiger partial charge in [0.15, 0.2) is 0 Å². The zero-order valence-electron chi connectivity index (χ0n) is 8.36. The van der Waals surface area contributed by atoms with Crippen LogP contribution in [0.5, 0.6) is 0 Å². The van der Waals surface area contributed by atoms with Gasteiger partial charge in [0.25, 0.3) is 0 Å². The van der Waals surface area contributed by atoms with Crippen molar-refractivity contribution in [2.45, 2.75) is 31.7 Å². The first kappa shape index (κ1) is 8.54. The average molecular weight is 191 g/mol. The van der Waals surface area contributed by atoms with Crippen LogP contribution in [-0.2, 0) is 6.42 Å². The van der Waals surface area contributed by atoms with E-state index in [1.54, 1.807) is 6.26 Å². The van der Waals surface area contributed by atoms with Crippen molar-refractivity contribution in [3.63, 3.8) is 0 Å². The molecular formula is C12H17NO. The third-order valence-electron chi connectivity index (χ3n) is 4.02. The van der Waals surface area contributed by atoms with Gasteiger partial charge in [0.2, 0.25) is 0 Å². The third kappa shape index (κ3) is 1.29. The molecule has 3 atom stereocenters. The first-order valence-corrected chi connectivity index (χ1v) is 5.63. The smallest absolute Gasteiger partial charge is 0.0935 e. The van der Waals surface area contributed by atoms with Crippen molar-refractivity contribution in [3.8, 4) is 0 Å². The van der Waals surface area contributed by atoms with E-state index in [-0.39, 0.29) is 0 Å². The van der Waals surface area contributed by atoms with Crippen LogP contribution in [0, 0.1) is 17.8 Å². The largest absolute Gasteiger partial charge is 0.472 e. The predicted octanol–water partition coefficient (Wildman–Crippen LogP) is 2.20. The van der Waals surface area contributed by atoms with Crippen molar-refractivity contribution in [2.24, 2.45) is 23.5 Å². The molecule has 2 saturated carbocycles. The summed E-state index contributed by atoms with van der Waals surface area (Å²) < 4.78 is 5.05. The van der Waals surface area contributed by atoms with Crippen LogP contribution in [0.25, 0.3) is 0 Å². The molecule has 0 amide bonds. The van der Waals surface area contributed by atoms with Gasteiger partial charge < -0.3 is 10.2 Å². The third-order valence-corrected chi connectivity index (χ3v) is 4.02. The average Bonchev–Trinajstić information content (AvgIpc) is 2.63. The first-order chi connectivity index (χ1) is 6.86. The Morgan fingerprint density at radius 1 is 1.43 bits per heavy atom. The lowest BCUT2D eigenvalue weighted by molar-refractivity contribution is 0.481. The van der Waals surface area contributed by atoms with E-state index in [1.165, 1.54) is 24.8 Å². The maximum atomic E-state index is 6.22. The van der Waals surface area contributed by atoms with E-state index in [0.717, 1.165) is 24.2 Å². The van der Waals surface area contributed by atoms with E-state index >= 15 is 0 Å². The fraction of sp³-hybridized carbons (Fsp3) is 0.667. The molecule has 0 aromatic carbocycles. The van der Waals surface area contributed by atoms with Gasteiger partial charge >= 0.3 is 0 Å². The minimum atomic E-state index is 0.364. The second kappa shape index (κ2) is 3.13. The second-order valence-corrected chi connectivity index (χ2v) is 4.84. The molecule has 2 heteroatoms. The zero-order chi connectivity index (χ0) is 9.54. The molecule has 1 heterocycles. The van der Waals surface area contributed by atoms with Gasteiger partial charge in [0.05, 0.1) is 12.5 Å². The summed E-state index contributed by atoms with van der Waals surface area (Å²) >= 11 is 0. The Bertz CT molecular complexity index is 296. The summed E-state index contributed by atoms with van der Waals surface area (Å²) in [6, 6.07) is 2.39. The summed E-state index contributed by atoms with van der Waals surface area (Å²) in [5.74, 6) is 2.76. The van der Waals surface area contributed by atoms with E-state index in [9.17, 15) is 0 Å². The van der Waals surface area contributed by atoms with E-state index in [1.807, 2.05) is 12.3 Å².